The highest BCUT2D eigenvalue weighted by molar-refractivity contribution is 5.78. The van der Waals surface area contributed by atoms with Gasteiger partial charge < -0.3 is 4.90 Å². The van der Waals surface area contributed by atoms with Crippen LogP contribution in [0.5, 0.6) is 0 Å². The molecule has 0 saturated carbocycles. The molecule has 1 aliphatic heterocycles. The summed E-state index contributed by atoms with van der Waals surface area (Å²) in [6.07, 6.45) is 2.37. The van der Waals surface area contributed by atoms with Crippen molar-refractivity contribution in [2.24, 2.45) is 0 Å². The fourth-order valence-electron chi connectivity index (χ4n) is 3.12. The molecule has 4 heteroatoms. The van der Waals surface area contributed by atoms with Gasteiger partial charge in [0.1, 0.15) is 5.78 Å². The number of hydrogen-bond acceptors (Lipinski definition) is 4. The number of rotatable bonds is 7. The second-order valence-corrected chi connectivity index (χ2v) is 6.39. The molecule has 2 aromatic carbocycles. The van der Waals surface area contributed by atoms with E-state index >= 15 is 0 Å². The Hall–Kier alpha value is -2.43. The van der Waals surface area contributed by atoms with Gasteiger partial charge in [-0.15, -0.1) is 6.58 Å². The van der Waals surface area contributed by atoms with Gasteiger partial charge in [-0.3, -0.25) is 9.63 Å². The van der Waals surface area contributed by atoms with Crippen molar-refractivity contribution in [1.82, 2.24) is 5.06 Å². The zero-order chi connectivity index (χ0) is 17.6. The van der Waals surface area contributed by atoms with Crippen LogP contribution < -0.4 is 4.90 Å². The van der Waals surface area contributed by atoms with Crippen LogP contribution in [0.4, 0.5) is 5.69 Å². The van der Waals surface area contributed by atoms with Crippen molar-refractivity contribution in [2.45, 2.75) is 26.5 Å². The maximum atomic E-state index is 11.4. The van der Waals surface area contributed by atoms with Gasteiger partial charge >= 0.3 is 0 Å². The third kappa shape index (κ3) is 4.56. The lowest BCUT2D eigenvalue weighted by molar-refractivity contribution is -0.179. The summed E-state index contributed by atoms with van der Waals surface area (Å²) in [6.45, 7) is 8.18. The smallest absolute Gasteiger partial charge is 0.134 e. The van der Waals surface area contributed by atoms with Gasteiger partial charge in [-0.05, 0) is 29.7 Å². The first-order valence-electron chi connectivity index (χ1n) is 8.54. The molecule has 0 bridgehead atoms. The average Bonchev–Trinajstić information content (AvgIpc) is 2.60. The second-order valence-electron chi connectivity index (χ2n) is 6.39. The topological polar surface area (TPSA) is 32.8 Å². The first-order valence-corrected chi connectivity index (χ1v) is 8.54. The Morgan fingerprint density at radius 2 is 2.00 bits per heavy atom. The number of benzene rings is 2. The van der Waals surface area contributed by atoms with Crippen molar-refractivity contribution in [2.75, 3.05) is 18.1 Å². The molecule has 25 heavy (non-hydrogen) atoms. The predicted octanol–water partition coefficient (Wildman–Crippen LogP) is 3.72. The average molecular weight is 336 g/mol. The molecule has 0 fully saturated rings. The summed E-state index contributed by atoms with van der Waals surface area (Å²) in [4.78, 5) is 19.7. The van der Waals surface area contributed by atoms with Crippen molar-refractivity contribution in [3.63, 3.8) is 0 Å². The first-order chi connectivity index (χ1) is 12.2. The minimum atomic E-state index is 0.177. The molecule has 3 rings (SSSR count). The van der Waals surface area contributed by atoms with Crippen molar-refractivity contribution in [3.8, 4) is 0 Å². The molecule has 0 saturated heterocycles. The molecule has 0 amide bonds. The number of hydrogen-bond donors (Lipinski definition) is 0. The minimum Gasteiger partial charge on any atom is -0.352 e. The van der Waals surface area contributed by atoms with Crippen LogP contribution in [-0.4, -0.2) is 24.1 Å². The minimum absolute atomic E-state index is 0.177. The Morgan fingerprint density at radius 1 is 1.20 bits per heavy atom. The van der Waals surface area contributed by atoms with Crippen LogP contribution in [0.3, 0.4) is 0 Å². The van der Waals surface area contributed by atoms with Gasteiger partial charge in [0.05, 0.1) is 19.8 Å². The summed E-state index contributed by atoms with van der Waals surface area (Å²) in [5.74, 6) is 0.177. The highest BCUT2D eigenvalue weighted by atomic mass is 16.7. The zero-order valence-electron chi connectivity index (χ0n) is 14.6. The Bertz CT molecular complexity index is 743. The highest BCUT2D eigenvalue weighted by Crippen LogP contribution is 2.29. The highest BCUT2D eigenvalue weighted by Gasteiger charge is 2.23. The van der Waals surface area contributed by atoms with Crippen molar-refractivity contribution in [1.29, 1.82) is 0 Å². The predicted molar refractivity (Wildman–Crippen MR) is 100 cm³/mol. The van der Waals surface area contributed by atoms with Crippen LogP contribution in [0.25, 0.3) is 0 Å². The van der Waals surface area contributed by atoms with Gasteiger partial charge in [-0.2, -0.15) is 5.06 Å². The lowest BCUT2D eigenvalue weighted by Crippen LogP contribution is -2.42. The number of nitrogens with zero attached hydrogens (tertiary/aromatic N) is 2. The van der Waals surface area contributed by atoms with Crippen LogP contribution in [-0.2, 0) is 29.2 Å². The summed E-state index contributed by atoms with van der Waals surface area (Å²) in [5.41, 5.74) is 4.57. The monoisotopic (exact) mass is 336 g/mol. The second kappa shape index (κ2) is 8.10. The summed E-state index contributed by atoms with van der Waals surface area (Å²) in [5, 5.41) is 1.97. The van der Waals surface area contributed by atoms with E-state index in [-0.39, 0.29) is 5.78 Å². The molecular weight excluding hydrogens is 312 g/mol. The maximum Gasteiger partial charge on any atom is 0.134 e. The molecule has 0 aliphatic carbocycles. The Kier molecular flexibility index (Phi) is 5.64. The first kappa shape index (κ1) is 17.4. The van der Waals surface area contributed by atoms with E-state index in [1.54, 1.807) is 6.92 Å². The third-order valence-corrected chi connectivity index (χ3v) is 4.22. The zero-order valence-corrected chi connectivity index (χ0v) is 14.6. The number of fused-ring (bicyclic) bond motifs is 1. The molecular formula is C21H24N2O2. The van der Waals surface area contributed by atoms with Gasteiger partial charge in [0.25, 0.3) is 0 Å². The summed E-state index contributed by atoms with van der Waals surface area (Å²) >= 11 is 0. The number of ketones is 1. The molecule has 1 heterocycles. The molecule has 0 unspecified atom stereocenters. The fourth-order valence-corrected chi connectivity index (χ4v) is 3.12. The van der Waals surface area contributed by atoms with E-state index in [4.69, 9.17) is 4.84 Å². The number of hydroxylamine groups is 2. The van der Waals surface area contributed by atoms with Crippen LogP contribution in [0.15, 0.2) is 61.2 Å². The van der Waals surface area contributed by atoms with E-state index in [0.29, 0.717) is 26.2 Å². The van der Waals surface area contributed by atoms with E-state index in [0.717, 1.165) is 17.7 Å². The largest absolute Gasteiger partial charge is 0.352 e. The van der Waals surface area contributed by atoms with Crippen LogP contribution in [0.1, 0.15) is 23.6 Å². The van der Waals surface area contributed by atoms with Gasteiger partial charge in [-0.1, -0.05) is 48.5 Å². The fraction of sp³-hybridized carbons (Fsp3) is 0.286. The summed E-state index contributed by atoms with van der Waals surface area (Å²) in [7, 11) is 0. The molecule has 4 nitrogen and oxygen atoms in total. The summed E-state index contributed by atoms with van der Waals surface area (Å²) in [6, 6.07) is 16.4. The quantitative estimate of drug-likeness (QED) is 0.722. The molecule has 2 aromatic rings. The Labute approximate surface area is 149 Å². The van der Waals surface area contributed by atoms with Crippen LogP contribution >= 0.6 is 0 Å². The molecule has 1 aliphatic rings. The van der Waals surface area contributed by atoms with Crippen molar-refractivity contribution in [3.05, 3.63) is 77.9 Å². The maximum absolute atomic E-state index is 11.4. The normalized spacial score (nSPS) is 14.2. The van der Waals surface area contributed by atoms with E-state index in [1.165, 1.54) is 11.3 Å². The molecule has 0 N–H and O–H groups in total. The number of anilines is 1. The van der Waals surface area contributed by atoms with Crippen LogP contribution in [0.2, 0.25) is 0 Å². The number of carbonyl (C=O) groups is 1. The third-order valence-electron chi connectivity index (χ3n) is 4.22. The van der Waals surface area contributed by atoms with Crippen molar-refractivity contribution < 1.29 is 9.63 Å². The van der Waals surface area contributed by atoms with Gasteiger partial charge in [0.15, 0.2) is 0 Å². The van der Waals surface area contributed by atoms with E-state index in [1.807, 2.05) is 35.4 Å². The van der Waals surface area contributed by atoms with Gasteiger partial charge in [0, 0.05) is 18.7 Å². The molecule has 130 valence electrons. The van der Waals surface area contributed by atoms with E-state index < -0.39 is 0 Å². The van der Waals surface area contributed by atoms with E-state index in [2.05, 4.69) is 35.7 Å². The van der Waals surface area contributed by atoms with Gasteiger partial charge in [0.2, 0.25) is 0 Å². The lowest BCUT2D eigenvalue weighted by Gasteiger charge is -2.37. The number of carbonyl (C=O) groups excluding carboxylic acids is 1. The Balaban J connectivity index is 1.75. The SMILES string of the molecule is C=CCN1CN(OCc2ccccc2)Cc2cc(CC(C)=O)ccc21. The summed E-state index contributed by atoms with van der Waals surface area (Å²) < 4.78 is 0. The molecule has 0 spiro atoms. The number of Topliss-reactive ketones (excluding diaryl/α,β-unsaturated/α-hetero) is 1. The van der Waals surface area contributed by atoms with Crippen LogP contribution in [0, 0.1) is 0 Å². The lowest BCUT2D eigenvalue weighted by atomic mass is 10.0. The standard InChI is InChI=1S/C21H24N2O2/c1-3-11-22-16-23(25-15-18-7-5-4-6-8-18)14-20-13-19(12-17(2)24)9-10-21(20)22/h3-10,13H,1,11-12,14-16H2,2H3. The Morgan fingerprint density at radius 3 is 2.72 bits per heavy atom. The molecule has 0 atom stereocenters. The van der Waals surface area contributed by atoms with Crippen molar-refractivity contribution >= 4 is 11.5 Å². The molecule has 0 aromatic heterocycles. The van der Waals surface area contributed by atoms with E-state index in [9.17, 15) is 4.79 Å². The molecule has 0 radical (unpaired) electrons. The van der Waals surface area contributed by atoms with Gasteiger partial charge in [-0.25, -0.2) is 0 Å².